The third kappa shape index (κ3) is 4.22. The van der Waals surface area contributed by atoms with Crippen molar-refractivity contribution in [2.75, 3.05) is 25.0 Å². The predicted molar refractivity (Wildman–Crippen MR) is 102 cm³/mol. The number of phenolic OH excluding ortho intramolecular Hbond substituents is 1. The summed E-state index contributed by atoms with van der Waals surface area (Å²) in [5, 5.41) is 19.6. The van der Waals surface area contributed by atoms with Gasteiger partial charge in [-0.2, -0.15) is 5.10 Å². The summed E-state index contributed by atoms with van der Waals surface area (Å²) in [6.07, 6.45) is 0.831. The van der Waals surface area contributed by atoms with Gasteiger partial charge in [0.1, 0.15) is 11.4 Å². The van der Waals surface area contributed by atoms with Gasteiger partial charge in [-0.1, -0.05) is 30.3 Å². The SMILES string of the molecule is CN(CCCNC(=O)c1cc(-c2ccccc2O)n[nH]1)c1ccccc1. The van der Waals surface area contributed by atoms with Crippen molar-refractivity contribution < 1.29 is 9.90 Å². The quantitative estimate of drug-likeness (QED) is 0.572. The van der Waals surface area contributed by atoms with Gasteiger partial charge in [0.25, 0.3) is 5.91 Å². The van der Waals surface area contributed by atoms with E-state index in [0.717, 1.165) is 18.7 Å². The second-order valence-corrected chi connectivity index (χ2v) is 6.05. The average molecular weight is 350 g/mol. The lowest BCUT2D eigenvalue weighted by Gasteiger charge is -2.19. The molecule has 3 N–H and O–H groups in total. The van der Waals surface area contributed by atoms with Gasteiger partial charge in [-0.15, -0.1) is 0 Å². The summed E-state index contributed by atoms with van der Waals surface area (Å²) in [6.45, 7) is 1.41. The summed E-state index contributed by atoms with van der Waals surface area (Å²) in [7, 11) is 2.03. The zero-order valence-corrected chi connectivity index (χ0v) is 14.6. The maximum Gasteiger partial charge on any atom is 0.269 e. The van der Waals surface area contributed by atoms with E-state index in [1.165, 1.54) is 0 Å². The van der Waals surface area contributed by atoms with Gasteiger partial charge in [0.15, 0.2) is 0 Å². The number of phenols is 1. The fourth-order valence-corrected chi connectivity index (χ4v) is 2.69. The molecule has 1 heterocycles. The van der Waals surface area contributed by atoms with Crippen molar-refractivity contribution in [1.82, 2.24) is 15.5 Å². The Labute approximate surface area is 152 Å². The number of carbonyl (C=O) groups excluding carboxylic acids is 1. The van der Waals surface area contributed by atoms with Crippen molar-refractivity contribution in [3.8, 4) is 17.0 Å². The molecule has 0 unspecified atom stereocenters. The highest BCUT2D eigenvalue weighted by Gasteiger charge is 2.12. The fourth-order valence-electron chi connectivity index (χ4n) is 2.69. The van der Waals surface area contributed by atoms with Crippen molar-refractivity contribution in [1.29, 1.82) is 0 Å². The van der Waals surface area contributed by atoms with Crippen LogP contribution in [0.15, 0.2) is 60.7 Å². The normalized spacial score (nSPS) is 10.5. The van der Waals surface area contributed by atoms with Crippen molar-refractivity contribution >= 4 is 11.6 Å². The van der Waals surface area contributed by atoms with Gasteiger partial charge in [-0.05, 0) is 36.8 Å². The van der Waals surface area contributed by atoms with E-state index in [-0.39, 0.29) is 11.7 Å². The Morgan fingerprint density at radius 1 is 1.15 bits per heavy atom. The van der Waals surface area contributed by atoms with E-state index in [9.17, 15) is 9.90 Å². The molecule has 2 aromatic carbocycles. The summed E-state index contributed by atoms with van der Waals surface area (Å²) in [5.41, 5.74) is 2.66. The Hall–Kier alpha value is -3.28. The smallest absolute Gasteiger partial charge is 0.269 e. The first kappa shape index (κ1) is 17.5. The van der Waals surface area contributed by atoms with Crippen LogP contribution in [0.1, 0.15) is 16.9 Å². The maximum atomic E-state index is 12.2. The minimum atomic E-state index is -0.207. The molecule has 0 bridgehead atoms. The molecule has 0 fully saturated rings. The van der Waals surface area contributed by atoms with Crippen LogP contribution in [-0.2, 0) is 0 Å². The van der Waals surface area contributed by atoms with Crippen LogP contribution in [0.4, 0.5) is 5.69 Å². The zero-order valence-electron chi connectivity index (χ0n) is 14.6. The van der Waals surface area contributed by atoms with Crippen LogP contribution in [-0.4, -0.2) is 41.3 Å². The van der Waals surface area contributed by atoms with Gasteiger partial charge in [0.2, 0.25) is 0 Å². The molecule has 0 aliphatic carbocycles. The average Bonchev–Trinajstić information content (AvgIpc) is 3.16. The summed E-state index contributed by atoms with van der Waals surface area (Å²) >= 11 is 0. The number of H-pyrrole nitrogens is 1. The third-order valence-electron chi connectivity index (χ3n) is 4.16. The molecule has 1 amide bonds. The van der Waals surface area contributed by atoms with E-state index in [1.54, 1.807) is 24.3 Å². The van der Waals surface area contributed by atoms with Crippen molar-refractivity contribution in [3.05, 3.63) is 66.4 Å². The van der Waals surface area contributed by atoms with Crippen LogP contribution in [0.2, 0.25) is 0 Å². The molecule has 0 saturated heterocycles. The first-order valence-electron chi connectivity index (χ1n) is 8.53. The maximum absolute atomic E-state index is 12.2. The van der Waals surface area contributed by atoms with Gasteiger partial charge in [-0.25, -0.2) is 0 Å². The number of para-hydroxylation sites is 2. The van der Waals surface area contributed by atoms with Crippen LogP contribution in [0, 0.1) is 0 Å². The van der Waals surface area contributed by atoms with E-state index < -0.39 is 0 Å². The Morgan fingerprint density at radius 2 is 1.88 bits per heavy atom. The summed E-state index contributed by atoms with van der Waals surface area (Å²) < 4.78 is 0. The molecule has 0 saturated carbocycles. The molecule has 0 aliphatic heterocycles. The number of nitrogens with one attached hydrogen (secondary N) is 2. The van der Waals surface area contributed by atoms with E-state index in [1.807, 2.05) is 31.3 Å². The van der Waals surface area contributed by atoms with Gasteiger partial charge >= 0.3 is 0 Å². The first-order chi connectivity index (χ1) is 12.6. The molecular formula is C20H22N4O2. The lowest BCUT2D eigenvalue weighted by molar-refractivity contribution is 0.0948. The second kappa shape index (κ2) is 8.20. The van der Waals surface area contributed by atoms with Gasteiger partial charge < -0.3 is 15.3 Å². The summed E-state index contributed by atoms with van der Waals surface area (Å²) in [5.74, 6) is -0.0727. The molecule has 134 valence electrons. The largest absolute Gasteiger partial charge is 0.507 e. The number of aromatic nitrogens is 2. The Kier molecular flexibility index (Phi) is 5.53. The van der Waals surface area contributed by atoms with E-state index in [2.05, 4.69) is 32.5 Å². The minimum Gasteiger partial charge on any atom is -0.507 e. The highest BCUT2D eigenvalue weighted by atomic mass is 16.3. The highest BCUT2D eigenvalue weighted by molar-refractivity contribution is 5.93. The number of nitrogens with zero attached hydrogens (tertiary/aromatic N) is 2. The standard InChI is InChI=1S/C20H22N4O2/c1-24(15-8-3-2-4-9-15)13-7-12-21-20(26)18-14-17(22-23-18)16-10-5-6-11-19(16)25/h2-6,8-11,14,25H,7,12-13H2,1H3,(H,21,26)(H,22,23). The number of benzene rings is 2. The molecule has 3 aromatic rings. The summed E-state index contributed by atoms with van der Waals surface area (Å²) in [4.78, 5) is 14.4. The Bertz CT molecular complexity index is 861. The number of hydrogen-bond acceptors (Lipinski definition) is 4. The van der Waals surface area contributed by atoms with E-state index in [0.29, 0.717) is 23.5 Å². The predicted octanol–water partition coefficient (Wildman–Crippen LogP) is 3.04. The van der Waals surface area contributed by atoms with Gasteiger partial charge in [0, 0.05) is 31.4 Å². The molecule has 0 aliphatic rings. The van der Waals surface area contributed by atoms with E-state index in [4.69, 9.17) is 0 Å². The molecule has 1 aromatic heterocycles. The van der Waals surface area contributed by atoms with Gasteiger partial charge in [-0.3, -0.25) is 9.89 Å². The van der Waals surface area contributed by atoms with Crippen molar-refractivity contribution in [3.63, 3.8) is 0 Å². The number of carbonyl (C=O) groups is 1. The fraction of sp³-hybridized carbons (Fsp3) is 0.200. The molecule has 3 rings (SSSR count). The number of amides is 1. The number of anilines is 1. The van der Waals surface area contributed by atoms with Gasteiger partial charge in [0.05, 0.1) is 5.69 Å². The lowest BCUT2D eigenvalue weighted by Crippen LogP contribution is -2.28. The van der Waals surface area contributed by atoms with Crippen molar-refractivity contribution in [2.45, 2.75) is 6.42 Å². The minimum absolute atomic E-state index is 0.134. The number of aromatic hydroxyl groups is 1. The monoisotopic (exact) mass is 350 g/mol. The molecule has 0 spiro atoms. The van der Waals surface area contributed by atoms with Crippen LogP contribution in [0.25, 0.3) is 11.3 Å². The Morgan fingerprint density at radius 3 is 2.65 bits per heavy atom. The lowest BCUT2D eigenvalue weighted by atomic mass is 10.1. The second-order valence-electron chi connectivity index (χ2n) is 6.05. The number of aromatic amines is 1. The van der Waals surface area contributed by atoms with Crippen molar-refractivity contribution in [2.24, 2.45) is 0 Å². The van der Waals surface area contributed by atoms with Crippen LogP contribution in [0.5, 0.6) is 5.75 Å². The Balaban J connectivity index is 1.49. The van der Waals surface area contributed by atoms with Crippen LogP contribution < -0.4 is 10.2 Å². The third-order valence-corrected chi connectivity index (χ3v) is 4.16. The topological polar surface area (TPSA) is 81.2 Å². The summed E-state index contributed by atoms with van der Waals surface area (Å²) in [6, 6.07) is 18.7. The van der Waals surface area contributed by atoms with E-state index >= 15 is 0 Å². The first-order valence-corrected chi connectivity index (χ1v) is 8.53. The van der Waals surface area contributed by atoms with Crippen LogP contribution >= 0.6 is 0 Å². The molecular weight excluding hydrogens is 328 g/mol. The molecule has 0 atom stereocenters. The molecule has 0 radical (unpaired) electrons. The molecule has 6 nitrogen and oxygen atoms in total. The number of hydrogen-bond donors (Lipinski definition) is 3. The van der Waals surface area contributed by atoms with Crippen LogP contribution in [0.3, 0.4) is 0 Å². The molecule has 26 heavy (non-hydrogen) atoms. The number of rotatable bonds is 7. The molecule has 6 heteroatoms. The highest BCUT2D eigenvalue weighted by Crippen LogP contribution is 2.27. The zero-order chi connectivity index (χ0) is 18.4.